The van der Waals surface area contributed by atoms with Crippen molar-refractivity contribution in [2.24, 2.45) is 7.05 Å². The number of aromatic nitrogens is 5. The highest BCUT2D eigenvalue weighted by Crippen LogP contribution is 2.52. The molecule has 0 spiro atoms. The zero-order valence-electron chi connectivity index (χ0n) is 28.4. The van der Waals surface area contributed by atoms with Gasteiger partial charge in [-0.15, -0.1) is 0 Å². The third kappa shape index (κ3) is 8.21. The van der Waals surface area contributed by atoms with Gasteiger partial charge in [0, 0.05) is 36.6 Å². The Morgan fingerprint density at radius 1 is 1.00 bits per heavy atom. The average molecular weight is 718 g/mol. The fraction of sp³-hybridized carbons (Fsp3) is 0.364. The van der Waals surface area contributed by atoms with Gasteiger partial charge in [0.05, 0.1) is 61.6 Å². The summed E-state index contributed by atoms with van der Waals surface area (Å²) in [5.74, 6) is -0.629. The molecule has 0 aliphatic carbocycles. The van der Waals surface area contributed by atoms with Crippen LogP contribution >= 0.6 is 7.60 Å². The zero-order chi connectivity index (χ0) is 36.4. The molecule has 0 atom stereocenters. The Balaban J connectivity index is 1.50. The Morgan fingerprint density at radius 3 is 2.34 bits per heavy atom. The van der Waals surface area contributed by atoms with Gasteiger partial charge in [-0.05, 0) is 57.0 Å². The highest BCUT2D eigenvalue weighted by molar-refractivity contribution is 7.53. The predicted molar refractivity (Wildman–Crippen MR) is 183 cm³/mol. The first-order valence-electron chi connectivity index (χ1n) is 15.6. The number of ether oxygens (including phenoxy) is 1. The second kappa shape index (κ2) is 14.3. The van der Waals surface area contributed by atoms with Gasteiger partial charge in [0.25, 0.3) is 0 Å². The van der Waals surface area contributed by atoms with Crippen molar-refractivity contribution >= 4 is 41.5 Å². The molecular formula is C33H39F3N7O6P. The number of aromatic hydroxyl groups is 1. The lowest BCUT2D eigenvalue weighted by atomic mass is 10.0. The van der Waals surface area contributed by atoms with Gasteiger partial charge in [-0.2, -0.15) is 23.3 Å². The number of benzene rings is 2. The van der Waals surface area contributed by atoms with E-state index in [1.165, 1.54) is 11.7 Å². The molecule has 4 N–H and O–H groups in total. The van der Waals surface area contributed by atoms with Crippen LogP contribution in [0.5, 0.6) is 11.6 Å². The van der Waals surface area contributed by atoms with Crippen LogP contribution in [0.15, 0.2) is 55.1 Å². The van der Waals surface area contributed by atoms with Gasteiger partial charge in [0.1, 0.15) is 17.1 Å². The number of aryl methyl sites for hydroxylation is 1. The van der Waals surface area contributed by atoms with E-state index in [1.807, 2.05) is 0 Å². The molecule has 3 aromatic heterocycles. The Labute approximate surface area is 286 Å². The topological polar surface area (TPSA) is 158 Å². The molecular weight excluding hydrogens is 678 g/mol. The molecule has 0 amide bonds. The van der Waals surface area contributed by atoms with Crippen molar-refractivity contribution in [1.82, 2.24) is 24.3 Å². The van der Waals surface area contributed by atoms with Crippen LogP contribution in [0.1, 0.15) is 38.8 Å². The summed E-state index contributed by atoms with van der Waals surface area (Å²) in [5, 5.41) is 32.0. The lowest BCUT2D eigenvalue weighted by molar-refractivity contribution is -0.137. The molecule has 13 nitrogen and oxygen atoms in total. The number of alkyl halides is 3. The van der Waals surface area contributed by atoms with E-state index < -0.39 is 30.8 Å². The van der Waals surface area contributed by atoms with E-state index in [-0.39, 0.29) is 54.6 Å². The van der Waals surface area contributed by atoms with Crippen molar-refractivity contribution < 1.29 is 41.7 Å². The molecule has 0 saturated heterocycles. The Bertz CT molecular complexity index is 2030. The van der Waals surface area contributed by atoms with Crippen LogP contribution in [-0.2, 0) is 39.5 Å². The molecule has 0 bridgehead atoms. The monoisotopic (exact) mass is 717 g/mol. The number of nitrogens with zero attached hydrogens (tertiary/aromatic N) is 5. The molecule has 0 aliphatic heterocycles. The van der Waals surface area contributed by atoms with Crippen LogP contribution in [0.3, 0.4) is 0 Å². The largest absolute Gasteiger partial charge is 0.495 e. The standard InChI is InChI=1S/C33H39F3N7O6P/c1-7-48-50(46,49-8-2)18-20-9-11-25(27(13-20)47-6)40-31-37-15-24(33(34,35)36)29(41-31)39-26-12-10-22(23-17-42(5)30(44)28(23)26)21-14-38-43(16-21)19-32(3,4)45/h9-17,44-45H,7-8,18-19H2,1-6H3,(H2,37,39,40,41). The zero-order valence-corrected chi connectivity index (χ0v) is 29.3. The maximum absolute atomic E-state index is 14.2. The first-order chi connectivity index (χ1) is 23.5. The van der Waals surface area contributed by atoms with Gasteiger partial charge in [-0.3, -0.25) is 9.25 Å². The number of rotatable bonds is 14. The third-order valence-electron chi connectivity index (χ3n) is 7.51. The van der Waals surface area contributed by atoms with E-state index in [4.69, 9.17) is 13.8 Å². The van der Waals surface area contributed by atoms with Gasteiger partial charge >= 0.3 is 13.8 Å². The van der Waals surface area contributed by atoms with E-state index in [9.17, 15) is 27.9 Å². The van der Waals surface area contributed by atoms with Crippen LogP contribution in [0.2, 0.25) is 0 Å². The van der Waals surface area contributed by atoms with Crippen molar-refractivity contribution in [1.29, 1.82) is 0 Å². The van der Waals surface area contributed by atoms with E-state index >= 15 is 0 Å². The summed E-state index contributed by atoms with van der Waals surface area (Å²) in [4.78, 5) is 8.09. The normalized spacial score (nSPS) is 12.4. The smallest absolute Gasteiger partial charge is 0.421 e. The fourth-order valence-electron chi connectivity index (χ4n) is 5.44. The maximum Gasteiger partial charge on any atom is 0.421 e. The molecule has 0 radical (unpaired) electrons. The highest BCUT2D eigenvalue weighted by Gasteiger charge is 2.36. The van der Waals surface area contributed by atoms with Gasteiger partial charge in [-0.25, -0.2) is 4.98 Å². The molecule has 0 saturated carbocycles. The van der Waals surface area contributed by atoms with E-state index in [0.717, 1.165) is 0 Å². The van der Waals surface area contributed by atoms with E-state index in [0.29, 0.717) is 34.0 Å². The van der Waals surface area contributed by atoms with Crippen LogP contribution in [0, 0.1) is 0 Å². The number of anilines is 4. The Morgan fingerprint density at radius 2 is 1.70 bits per heavy atom. The fourth-order valence-corrected chi connectivity index (χ4v) is 7.13. The van der Waals surface area contributed by atoms with Gasteiger partial charge in [0.2, 0.25) is 11.8 Å². The number of halogens is 3. The van der Waals surface area contributed by atoms with Crippen LogP contribution < -0.4 is 15.4 Å². The Hall–Kier alpha value is -4.63. The summed E-state index contributed by atoms with van der Waals surface area (Å²) in [6.07, 6.45) is 0.839. The van der Waals surface area contributed by atoms with Gasteiger partial charge in [0.15, 0.2) is 0 Å². The summed E-state index contributed by atoms with van der Waals surface area (Å²) < 4.78 is 75.1. The van der Waals surface area contributed by atoms with Crippen molar-refractivity contribution in [3.05, 3.63) is 66.2 Å². The number of aliphatic hydroxyl groups is 1. The van der Waals surface area contributed by atoms with Crippen LogP contribution in [0.4, 0.5) is 36.3 Å². The molecule has 5 rings (SSSR count). The molecule has 0 unspecified atom stereocenters. The predicted octanol–water partition coefficient (Wildman–Crippen LogP) is 7.59. The summed E-state index contributed by atoms with van der Waals surface area (Å²) in [7, 11) is -0.387. The third-order valence-corrected chi connectivity index (χ3v) is 9.56. The number of methoxy groups -OCH3 is 1. The number of hydrogen-bond acceptors (Lipinski definition) is 11. The highest BCUT2D eigenvalue weighted by atomic mass is 31.2. The van der Waals surface area contributed by atoms with Gasteiger partial charge in [-0.1, -0.05) is 12.1 Å². The van der Waals surface area contributed by atoms with E-state index in [1.54, 1.807) is 88.3 Å². The molecule has 5 aromatic rings. The number of fused-ring (bicyclic) bond motifs is 1. The summed E-state index contributed by atoms with van der Waals surface area (Å²) in [5.41, 5.74) is 0.296. The summed E-state index contributed by atoms with van der Waals surface area (Å²) in [6, 6.07) is 8.11. The van der Waals surface area contributed by atoms with E-state index in [2.05, 4.69) is 25.7 Å². The quantitative estimate of drug-likeness (QED) is 0.0839. The first-order valence-corrected chi connectivity index (χ1v) is 17.4. The first kappa shape index (κ1) is 36.6. The second-order valence-corrected chi connectivity index (χ2v) is 14.1. The lowest BCUT2D eigenvalue weighted by Gasteiger charge is -2.19. The van der Waals surface area contributed by atoms with Crippen molar-refractivity contribution in [2.75, 3.05) is 31.0 Å². The van der Waals surface area contributed by atoms with Crippen molar-refractivity contribution in [3.63, 3.8) is 0 Å². The minimum Gasteiger partial charge on any atom is -0.495 e. The number of nitrogens with one attached hydrogen (secondary N) is 2. The molecule has 2 aromatic carbocycles. The molecule has 50 heavy (non-hydrogen) atoms. The molecule has 0 aliphatic rings. The average Bonchev–Trinajstić information content (AvgIpc) is 3.60. The minimum absolute atomic E-state index is 0.0149. The molecule has 0 fully saturated rings. The SMILES string of the molecule is CCOP(=O)(Cc1ccc(Nc2ncc(C(F)(F)F)c(Nc3ccc(-c4cnn(CC(C)(C)O)c4)c4cn(C)c(O)c34)n2)c(OC)c1)OCC. The summed E-state index contributed by atoms with van der Waals surface area (Å²) >= 11 is 0. The lowest BCUT2D eigenvalue weighted by Crippen LogP contribution is -2.26. The molecule has 17 heteroatoms. The maximum atomic E-state index is 14.2. The van der Waals surface area contributed by atoms with Crippen LogP contribution in [0.25, 0.3) is 21.9 Å². The summed E-state index contributed by atoms with van der Waals surface area (Å²) in [6.45, 7) is 7.38. The number of hydrogen-bond donors (Lipinski definition) is 4. The van der Waals surface area contributed by atoms with Crippen LogP contribution in [-0.4, -0.2) is 60.5 Å². The molecule has 3 heterocycles. The second-order valence-electron chi connectivity index (χ2n) is 12.1. The Kier molecular flexibility index (Phi) is 10.5. The van der Waals surface area contributed by atoms with Gasteiger partial charge < -0.3 is 39.2 Å². The van der Waals surface area contributed by atoms with Crippen molar-refractivity contribution in [2.45, 2.75) is 52.2 Å². The minimum atomic E-state index is -4.82. The molecule has 268 valence electrons. The van der Waals surface area contributed by atoms with Crippen molar-refractivity contribution in [3.8, 4) is 22.8 Å².